The van der Waals surface area contributed by atoms with E-state index in [1.54, 1.807) is 0 Å². The summed E-state index contributed by atoms with van der Waals surface area (Å²) in [5.41, 5.74) is 6.67. The van der Waals surface area contributed by atoms with E-state index < -0.39 is 24.3 Å². The number of carbonyl (C=O) groups is 4. The van der Waals surface area contributed by atoms with E-state index in [1.807, 2.05) is 29.8 Å². The maximum atomic E-state index is 14.5. The number of alkyl carbamates (subject to hydrolysis) is 2. The monoisotopic (exact) mass is 900 g/mol. The summed E-state index contributed by atoms with van der Waals surface area (Å²) in [6.07, 6.45) is 8.28. The van der Waals surface area contributed by atoms with Crippen LogP contribution in [-0.2, 0) is 30.4 Å². The molecule has 0 radical (unpaired) electrons. The van der Waals surface area contributed by atoms with Gasteiger partial charge in [0.25, 0.3) is 0 Å². The Hall–Kier alpha value is -6.16. The first-order chi connectivity index (χ1) is 32.0. The number of imidazole rings is 2. The molecule has 6 heterocycles. The third-order valence-electron chi connectivity index (χ3n) is 15.1. The van der Waals surface area contributed by atoms with Crippen molar-refractivity contribution in [3.8, 4) is 28.1 Å². The number of fused-ring (bicyclic) bond motifs is 7. The van der Waals surface area contributed by atoms with Crippen LogP contribution in [0.2, 0.25) is 0 Å². The number of nitrogens with one attached hydrogen (secondary N) is 4. The number of hydrogen-bond acceptors (Lipinski definition) is 10. The summed E-state index contributed by atoms with van der Waals surface area (Å²) in [6.45, 7) is 7.46. The molecular formula is C50H60N8O8. The second-order valence-corrected chi connectivity index (χ2v) is 19.1. The molecule has 348 valence electrons. The van der Waals surface area contributed by atoms with Crippen molar-refractivity contribution in [2.75, 3.05) is 27.4 Å². The van der Waals surface area contributed by atoms with E-state index in [0.717, 1.165) is 112 Å². The van der Waals surface area contributed by atoms with Crippen molar-refractivity contribution in [3.63, 3.8) is 0 Å². The minimum Gasteiger partial charge on any atom is -0.488 e. The minimum absolute atomic E-state index is 0.0231. The van der Waals surface area contributed by atoms with Gasteiger partial charge in [-0.25, -0.2) is 19.6 Å². The number of ether oxygens (including phenoxy) is 4. The first-order valence-electron chi connectivity index (χ1n) is 23.7. The first-order valence-corrected chi connectivity index (χ1v) is 23.7. The molecule has 10 rings (SSSR count). The third kappa shape index (κ3) is 7.79. The summed E-state index contributed by atoms with van der Waals surface area (Å²) in [4.78, 5) is 74.8. The Bertz CT molecular complexity index is 2670. The molecular weight excluding hydrogens is 841 g/mol. The lowest BCUT2D eigenvalue weighted by molar-refractivity contribution is -0.139. The SMILES string of the molecule is CC[C@H]1CC[C@@H](c2ncc(-c3ccc4c(c3)COc3cc5c(ccc6[nH]c([C@@H]7C[C@@H]8CCC[C@@H]8N7C(=O)[C@@H](NC(=O)OC)C(C)C)nc65)cc3-4)[nH]2)N1C(=O)[C@@H](NC(=O)OC)C1CCOCC1. The van der Waals surface area contributed by atoms with Gasteiger partial charge < -0.3 is 49.3 Å². The van der Waals surface area contributed by atoms with E-state index in [2.05, 4.69) is 70.0 Å². The lowest BCUT2D eigenvalue weighted by atomic mass is 9.90. The average molecular weight is 901 g/mol. The highest BCUT2D eigenvalue weighted by molar-refractivity contribution is 6.07. The van der Waals surface area contributed by atoms with E-state index in [1.165, 1.54) is 14.2 Å². The van der Waals surface area contributed by atoms with Gasteiger partial charge in [0.2, 0.25) is 11.8 Å². The quantitative estimate of drug-likeness (QED) is 0.107. The van der Waals surface area contributed by atoms with E-state index in [0.29, 0.717) is 38.6 Å². The van der Waals surface area contributed by atoms with Gasteiger partial charge in [-0.3, -0.25) is 9.59 Å². The van der Waals surface area contributed by atoms with E-state index in [-0.39, 0.29) is 47.8 Å². The molecule has 1 saturated carbocycles. The Morgan fingerprint density at radius 2 is 1.65 bits per heavy atom. The minimum atomic E-state index is -0.712. The Balaban J connectivity index is 0.909. The number of H-pyrrole nitrogens is 2. The maximum absolute atomic E-state index is 14.5. The van der Waals surface area contributed by atoms with Crippen LogP contribution in [0.4, 0.5) is 9.59 Å². The second kappa shape index (κ2) is 17.9. The summed E-state index contributed by atoms with van der Waals surface area (Å²) < 4.78 is 21.9. The molecule has 1 aliphatic carbocycles. The fraction of sp³-hybridized carbons (Fsp3) is 0.520. The largest absolute Gasteiger partial charge is 0.488 e. The van der Waals surface area contributed by atoms with E-state index in [9.17, 15) is 19.2 Å². The number of amides is 4. The molecule has 0 bridgehead atoms. The van der Waals surface area contributed by atoms with Gasteiger partial charge in [-0.05, 0) is 115 Å². The van der Waals surface area contributed by atoms with Gasteiger partial charge in [-0.1, -0.05) is 45.4 Å². The van der Waals surface area contributed by atoms with Gasteiger partial charge in [0.05, 0.1) is 49.2 Å². The van der Waals surface area contributed by atoms with Crippen molar-refractivity contribution in [3.05, 3.63) is 65.9 Å². The number of carbonyl (C=O) groups excluding carboxylic acids is 4. The van der Waals surface area contributed by atoms with Crippen LogP contribution in [0.3, 0.4) is 0 Å². The van der Waals surface area contributed by atoms with Gasteiger partial charge in [-0.2, -0.15) is 0 Å². The maximum Gasteiger partial charge on any atom is 0.407 e. The Morgan fingerprint density at radius 1 is 0.848 bits per heavy atom. The molecule has 7 atom stereocenters. The predicted octanol–water partition coefficient (Wildman–Crippen LogP) is 8.08. The molecule has 3 aromatic carbocycles. The normalized spacial score (nSPS) is 23.6. The molecule has 66 heavy (non-hydrogen) atoms. The molecule has 3 saturated heterocycles. The number of aromatic nitrogens is 4. The number of benzene rings is 3. The van der Waals surface area contributed by atoms with Crippen molar-refractivity contribution < 1.29 is 38.1 Å². The van der Waals surface area contributed by atoms with Crippen molar-refractivity contribution in [2.45, 2.75) is 121 Å². The van der Waals surface area contributed by atoms with Crippen molar-refractivity contribution in [2.24, 2.45) is 17.8 Å². The number of nitrogens with zero attached hydrogens (tertiary/aromatic N) is 4. The number of aromatic amines is 2. The van der Waals surface area contributed by atoms with Gasteiger partial charge in [0, 0.05) is 36.2 Å². The molecule has 5 aliphatic rings. The zero-order chi connectivity index (χ0) is 45.8. The van der Waals surface area contributed by atoms with Crippen molar-refractivity contribution >= 4 is 45.8 Å². The van der Waals surface area contributed by atoms with Crippen LogP contribution in [0.5, 0.6) is 5.75 Å². The van der Waals surface area contributed by atoms with Gasteiger partial charge in [-0.15, -0.1) is 0 Å². The van der Waals surface area contributed by atoms with Gasteiger partial charge in [0.1, 0.15) is 36.1 Å². The van der Waals surface area contributed by atoms with Crippen LogP contribution in [0.15, 0.2) is 48.7 Å². The standard InChI is InChI=1S/C50H60N8O8/c1-6-32-12-15-39(57(32)48(60)43(56-50(62)64-5)27-16-18-65-19-17-27)45-51-24-37(53-45)29-10-13-33-31(20-29)25-66-41-23-34-28(21-35(33)41)11-14-36-44(34)54-46(52-36)40-22-30-8-7-9-38(30)58(40)47(59)42(26(2)3)55-49(61)63-4/h10-11,13-14,20-21,23-24,26-27,30,32,38-40,42-43H,6-9,12,15-19,22,25H2,1-5H3,(H,51,53)(H,52,54)(H,55,61)(H,56,62)/t30-,32-,38-,39-,40-,42-,43-/m0/s1. The van der Waals surface area contributed by atoms with Crippen LogP contribution >= 0.6 is 0 Å². The molecule has 4 N–H and O–H groups in total. The fourth-order valence-corrected chi connectivity index (χ4v) is 11.7. The number of methoxy groups -OCH3 is 2. The molecule has 4 amide bonds. The first kappa shape index (κ1) is 43.7. The number of hydrogen-bond donors (Lipinski definition) is 4. The van der Waals surface area contributed by atoms with Gasteiger partial charge >= 0.3 is 12.2 Å². The zero-order valence-corrected chi connectivity index (χ0v) is 38.4. The van der Waals surface area contributed by atoms with Crippen LogP contribution in [0.1, 0.15) is 108 Å². The van der Waals surface area contributed by atoms with E-state index >= 15 is 0 Å². The predicted molar refractivity (Wildman–Crippen MR) is 246 cm³/mol. The molecule has 0 unspecified atom stereocenters. The zero-order valence-electron chi connectivity index (χ0n) is 38.4. The topological polar surface area (TPSA) is 193 Å². The summed E-state index contributed by atoms with van der Waals surface area (Å²) in [7, 11) is 2.63. The molecule has 4 fully saturated rings. The number of rotatable bonds is 10. The van der Waals surface area contributed by atoms with Gasteiger partial charge in [0.15, 0.2) is 0 Å². The summed E-state index contributed by atoms with van der Waals surface area (Å²) in [6, 6.07) is 13.0. The fourth-order valence-electron chi connectivity index (χ4n) is 11.7. The average Bonchev–Trinajstić information content (AvgIpc) is 4.19. The Morgan fingerprint density at radius 3 is 2.42 bits per heavy atom. The van der Waals surface area contributed by atoms with Crippen molar-refractivity contribution in [1.82, 2.24) is 40.4 Å². The lowest BCUT2D eigenvalue weighted by Gasteiger charge is -2.36. The third-order valence-corrected chi connectivity index (χ3v) is 15.1. The Kier molecular flexibility index (Phi) is 11.9. The molecule has 16 heteroatoms. The second-order valence-electron chi connectivity index (χ2n) is 19.1. The Labute approximate surface area is 383 Å². The molecule has 2 aromatic heterocycles. The smallest absolute Gasteiger partial charge is 0.407 e. The van der Waals surface area contributed by atoms with Crippen LogP contribution in [0, 0.1) is 17.8 Å². The summed E-state index contributed by atoms with van der Waals surface area (Å²) in [5, 5.41) is 7.66. The van der Waals surface area contributed by atoms with E-state index in [4.69, 9.17) is 28.9 Å². The molecule has 0 spiro atoms. The highest BCUT2D eigenvalue weighted by Crippen LogP contribution is 2.49. The summed E-state index contributed by atoms with van der Waals surface area (Å²) >= 11 is 0. The molecule has 4 aliphatic heterocycles. The summed E-state index contributed by atoms with van der Waals surface area (Å²) in [5.74, 6) is 2.26. The molecule has 5 aromatic rings. The highest BCUT2D eigenvalue weighted by Gasteiger charge is 2.50. The molecule has 16 nitrogen and oxygen atoms in total. The number of likely N-dealkylation sites (tertiary alicyclic amines) is 2. The van der Waals surface area contributed by atoms with Crippen LogP contribution in [-0.4, -0.2) is 105 Å². The van der Waals surface area contributed by atoms with Crippen LogP contribution < -0.4 is 15.4 Å². The lowest BCUT2D eigenvalue weighted by Crippen LogP contribution is -2.54. The highest BCUT2D eigenvalue weighted by atomic mass is 16.5. The van der Waals surface area contributed by atoms with Crippen molar-refractivity contribution in [1.29, 1.82) is 0 Å². The van der Waals surface area contributed by atoms with Crippen LogP contribution in [0.25, 0.3) is 44.2 Å².